The number of rotatable bonds is 3. The summed E-state index contributed by atoms with van der Waals surface area (Å²) in [5.74, 6) is 0.485. The summed E-state index contributed by atoms with van der Waals surface area (Å²) in [6.45, 7) is 0. The fourth-order valence-electron chi connectivity index (χ4n) is 1.88. The fraction of sp³-hybridized carbons (Fsp3) is 0.0769. The topological polar surface area (TPSA) is 75.2 Å². The van der Waals surface area contributed by atoms with Crippen molar-refractivity contribution in [3.8, 4) is 16.5 Å². The number of H-pyrrole nitrogens is 1. The number of hydrogen-bond donors (Lipinski definition) is 2. The average molecular weight is 274 g/mol. The molecule has 3 aromatic rings. The third-order valence-electron chi connectivity index (χ3n) is 2.79. The van der Waals surface area contributed by atoms with Crippen molar-refractivity contribution in [1.29, 1.82) is 0 Å². The van der Waals surface area contributed by atoms with Crippen LogP contribution in [0.2, 0.25) is 0 Å². The molecule has 0 aliphatic carbocycles. The van der Waals surface area contributed by atoms with Crippen molar-refractivity contribution in [2.24, 2.45) is 0 Å². The van der Waals surface area contributed by atoms with Gasteiger partial charge in [0.2, 0.25) is 0 Å². The van der Waals surface area contributed by atoms with Crippen LogP contribution in [0.25, 0.3) is 21.7 Å². The number of thiophene rings is 1. The average Bonchev–Trinajstić information content (AvgIpc) is 3.03. The maximum absolute atomic E-state index is 10.9. The molecule has 0 spiro atoms. The number of ether oxygens (including phenoxy) is 1. The Labute approximate surface area is 112 Å². The number of hydrogen-bond acceptors (Lipinski definition) is 4. The summed E-state index contributed by atoms with van der Waals surface area (Å²) in [6, 6.07) is 6.68. The van der Waals surface area contributed by atoms with Gasteiger partial charge in [-0.2, -0.15) is 0 Å². The number of aromatic amines is 1. The van der Waals surface area contributed by atoms with Gasteiger partial charge in [-0.15, -0.1) is 11.3 Å². The van der Waals surface area contributed by atoms with E-state index in [2.05, 4.69) is 9.97 Å². The Bertz CT molecular complexity index is 760. The van der Waals surface area contributed by atoms with Gasteiger partial charge in [-0.05, 0) is 29.6 Å². The lowest BCUT2D eigenvalue weighted by molar-refractivity contribution is 0.0697. The number of carboxylic acid groups (broad SMARTS) is 1. The number of methoxy groups -OCH3 is 1. The Morgan fingerprint density at radius 1 is 1.42 bits per heavy atom. The lowest BCUT2D eigenvalue weighted by Gasteiger charge is -1.97. The van der Waals surface area contributed by atoms with Gasteiger partial charge >= 0.3 is 5.97 Å². The molecular weight excluding hydrogens is 264 g/mol. The summed E-state index contributed by atoms with van der Waals surface area (Å²) in [5, 5.41) is 10.9. The van der Waals surface area contributed by atoms with E-state index in [1.165, 1.54) is 11.3 Å². The Kier molecular flexibility index (Phi) is 2.72. The molecule has 0 saturated heterocycles. The number of carboxylic acids is 1. The van der Waals surface area contributed by atoms with Gasteiger partial charge in [-0.1, -0.05) is 0 Å². The second kappa shape index (κ2) is 4.40. The van der Waals surface area contributed by atoms with Crippen LogP contribution < -0.4 is 4.74 Å². The molecule has 0 amide bonds. The first-order chi connectivity index (χ1) is 9.19. The number of carbonyl (C=O) groups is 1. The molecule has 96 valence electrons. The number of aromatic carboxylic acids is 1. The van der Waals surface area contributed by atoms with Gasteiger partial charge in [-0.25, -0.2) is 9.78 Å². The minimum atomic E-state index is -0.952. The van der Waals surface area contributed by atoms with Crippen LogP contribution in [0.3, 0.4) is 0 Å². The van der Waals surface area contributed by atoms with E-state index in [0.717, 1.165) is 16.1 Å². The number of nitrogens with zero attached hydrogens (tertiary/aromatic N) is 1. The van der Waals surface area contributed by atoms with Crippen molar-refractivity contribution < 1.29 is 14.6 Å². The summed E-state index contributed by atoms with van der Waals surface area (Å²) in [4.78, 5) is 19.4. The summed E-state index contributed by atoms with van der Waals surface area (Å²) in [7, 11) is 1.61. The number of fused-ring (bicyclic) bond motifs is 1. The highest BCUT2D eigenvalue weighted by atomic mass is 32.1. The van der Waals surface area contributed by atoms with E-state index >= 15 is 0 Å². The first-order valence-electron chi connectivity index (χ1n) is 5.54. The second-order valence-corrected chi connectivity index (χ2v) is 4.86. The number of aromatic nitrogens is 2. The van der Waals surface area contributed by atoms with Crippen LogP contribution in [0.15, 0.2) is 29.6 Å². The van der Waals surface area contributed by atoms with Crippen molar-refractivity contribution >= 4 is 28.3 Å². The van der Waals surface area contributed by atoms with Crippen LogP contribution in [0, 0.1) is 0 Å². The smallest absolute Gasteiger partial charge is 0.335 e. The van der Waals surface area contributed by atoms with Crippen molar-refractivity contribution in [3.05, 3.63) is 35.2 Å². The first-order valence-corrected chi connectivity index (χ1v) is 6.42. The number of imidazole rings is 1. The zero-order valence-electron chi connectivity index (χ0n) is 10.0. The lowest BCUT2D eigenvalue weighted by Crippen LogP contribution is -1.94. The van der Waals surface area contributed by atoms with Gasteiger partial charge in [0.15, 0.2) is 5.82 Å². The number of benzene rings is 1. The molecule has 0 fully saturated rings. The van der Waals surface area contributed by atoms with E-state index in [9.17, 15) is 4.79 Å². The maximum atomic E-state index is 10.9. The van der Waals surface area contributed by atoms with Gasteiger partial charge < -0.3 is 14.8 Å². The quantitative estimate of drug-likeness (QED) is 0.769. The van der Waals surface area contributed by atoms with E-state index < -0.39 is 5.97 Å². The van der Waals surface area contributed by atoms with Crippen LogP contribution in [-0.2, 0) is 0 Å². The van der Waals surface area contributed by atoms with Crippen LogP contribution >= 0.6 is 11.3 Å². The summed E-state index contributed by atoms with van der Waals surface area (Å²) >= 11 is 1.52. The predicted octanol–water partition coefficient (Wildman–Crippen LogP) is 3.00. The molecule has 0 aliphatic heterocycles. The van der Waals surface area contributed by atoms with Crippen molar-refractivity contribution in [3.63, 3.8) is 0 Å². The Morgan fingerprint density at radius 2 is 2.26 bits per heavy atom. The molecule has 0 atom stereocenters. The highest BCUT2D eigenvalue weighted by molar-refractivity contribution is 7.13. The van der Waals surface area contributed by atoms with E-state index in [0.29, 0.717) is 11.3 Å². The second-order valence-electron chi connectivity index (χ2n) is 3.94. The molecule has 6 heteroatoms. The Balaban J connectivity index is 2.14. The molecule has 5 nitrogen and oxygen atoms in total. The molecule has 0 aliphatic rings. The fourth-order valence-corrected chi connectivity index (χ4v) is 2.68. The van der Waals surface area contributed by atoms with Crippen molar-refractivity contribution in [2.75, 3.05) is 7.11 Å². The SMILES string of the molecule is COc1ccsc1-c1nc2ccc(C(=O)O)cc2[nH]1. The van der Waals surface area contributed by atoms with Crippen molar-refractivity contribution in [2.45, 2.75) is 0 Å². The maximum Gasteiger partial charge on any atom is 0.335 e. The minimum absolute atomic E-state index is 0.237. The molecular formula is C13H10N2O3S. The Morgan fingerprint density at radius 3 is 3.00 bits per heavy atom. The van der Waals surface area contributed by atoms with Gasteiger partial charge in [0.1, 0.15) is 10.6 Å². The zero-order chi connectivity index (χ0) is 13.4. The normalized spacial score (nSPS) is 10.8. The molecule has 0 bridgehead atoms. The zero-order valence-corrected chi connectivity index (χ0v) is 10.8. The summed E-state index contributed by atoms with van der Waals surface area (Å²) in [6.07, 6.45) is 0. The number of nitrogens with one attached hydrogen (secondary N) is 1. The van der Waals surface area contributed by atoms with Crippen molar-refractivity contribution in [1.82, 2.24) is 9.97 Å². The molecule has 0 saturated carbocycles. The van der Waals surface area contributed by atoms with Gasteiger partial charge in [0, 0.05) is 0 Å². The molecule has 1 aromatic carbocycles. The van der Waals surface area contributed by atoms with Gasteiger partial charge in [-0.3, -0.25) is 0 Å². The first kappa shape index (κ1) is 11.7. The largest absolute Gasteiger partial charge is 0.495 e. The van der Waals surface area contributed by atoms with Gasteiger partial charge in [0.25, 0.3) is 0 Å². The van der Waals surface area contributed by atoms with Crippen LogP contribution in [0.4, 0.5) is 0 Å². The van der Waals surface area contributed by atoms with Crippen LogP contribution in [0.5, 0.6) is 5.75 Å². The molecule has 0 unspecified atom stereocenters. The van der Waals surface area contributed by atoms with Crippen LogP contribution in [-0.4, -0.2) is 28.2 Å². The molecule has 2 N–H and O–H groups in total. The molecule has 0 radical (unpaired) electrons. The standard InChI is InChI=1S/C13H10N2O3S/c1-18-10-4-5-19-11(10)12-14-8-3-2-7(13(16)17)6-9(8)15-12/h2-6H,1H3,(H,14,15)(H,16,17). The predicted molar refractivity (Wildman–Crippen MR) is 72.9 cm³/mol. The third-order valence-corrected chi connectivity index (χ3v) is 3.70. The molecule has 2 heterocycles. The van der Waals surface area contributed by atoms with E-state index in [-0.39, 0.29) is 5.56 Å². The highest BCUT2D eigenvalue weighted by Crippen LogP contribution is 2.34. The monoisotopic (exact) mass is 274 g/mol. The summed E-state index contributed by atoms with van der Waals surface area (Å²) in [5.41, 5.74) is 1.67. The minimum Gasteiger partial charge on any atom is -0.495 e. The summed E-state index contributed by atoms with van der Waals surface area (Å²) < 4.78 is 5.25. The molecule has 2 aromatic heterocycles. The van der Waals surface area contributed by atoms with Gasteiger partial charge in [0.05, 0.1) is 23.7 Å². The van der Waals surface area contributed by atoms with E-state index in [1.807, 2.05) is 11.4 Å². The van der Waals surface area contributed by atoms with E-state index in [4.69, 9.17) is 9.84 Å². The molecule has 19 heavy (non-hydrogen) atoms. The lowest BCUT2D eigenvalue weighted by atomic mass is 10.2. The third kappa shape index (κ3) is 1.96. The van der Waals surface area contributed by atoms with E-state index in [1.54, 1.807) is 25.3 Å². The molecule has 3 rings (SSSR count). The highest BCUT2D eigenvalue weighted by Gasteiger charge is 2.13. The Hall–Kier alpha value is -2.34. The van der Waals surface area contributed by atoms with Crippen LogP contribution in [0.1, 0.15) is 10.4 Å².